The minimum Gasteiger partial charge on any atom is -0.493 e. The molecule has 3 aromatic carbocycles. The Morgan fingerprint density at radius 2 is 1.68 bits per heavy atom. The van der Waals surface area contributed by atoms with Gasteiger partial charge in [-0.25, -0.2) is 0 Å². The van der Waals surface area contributed by atoms with Crippen molar-refractivity contribution in [3.8, 4) is 28.7 Å². The molecule has 0 saturated carbocycles. The molecule has 0 bridgehead atoms. The number of nitrogens with zero attached hydrogens (tertiary/aromatic N) is 1. The third kappa shape index (κ3) is 4.54. The van der Waals surface area contributed by atoms with Gasteiger partial charge in [0.2, 0.25) is 12.5 Å². The Hall–Kier alpha value is -4.23. The molecule has 0 spiro atoms. The summed E-state index contributed by atoms with van der Waals surface area (Å²) >= 11 is 5.84. The smallest absolute Gasteiger partial charge is 0.339 e. The lowest BCUT2D eigenvalue weighted by atomic mass is 9.67. The number of hydrogen-bond donors (Lipinski definition) is 0. The van der Waals surface area contributed by atoms with Gasteiger partial charge in [0.15, 0.2) is 23.0 Å². The molecule has 0 unspecified atom stereocenters. The highest BCUT2D eigenvalue weighted by atomic mass is 35.5. The number of ether oxygens (including phenoxy) is 5. The fourth-order valence-corrected chi connectivity index (χ4v) is 6.77. The Kier molecular flexibility index (Phi) is 6.57. The van der Waals surface area contributed by atoms with Crippen LogP contribution in [0.1, 0.15) is 22.6 Å². The van der Waals surface area contributed by atoms with E-state index in [2.05, 4.69) is 0 Å². The van der Waals surface area contributed by atoms with E-state index in [9.17, 15) is 23.3 Å². The highest BCUT2D eigenvalue weighted by Crippen LogP contribution is 2.52. The van der Waals surface area contributed by atoms with Crippen LogP contribution < -0.4 is 23.1 Å². The van der Waals surface area contributed by atoms with Gasteiger partial charge in [0, 0.05) is 17.9 Å². The number of hydrogen-bond acceptors (Lipinski definition) is 11. The standard InChI is InChI=1S/C27H22ClNO11S/c1-35-22-7-14(8-23(36-2)26(22)40-41(33,34)16-3-4-18(28)19(9-16)29(31)32)24-17-10-21-20(38-12-39-21)6-13(17)5-15-11-37-27(30)25(15)24/h3-4,6-10,15,24-25H,5,11-12H2,1-2H3/t15-,24+,25-/m0/s1. The molecule has 3 aromatic rings. The molecule has 214 valence electrons. The van der Waals surface area contributed by atoms with E-state index in [1.54, 1.807) is 12.1 Å². The normalized spacial score (nSPS) is 20.6. The monoisotopic (exact) mass is 603 g/mol. The van der Waals surface area contributed by atoms with Gasteiger partial charge in [-0.3, -0.25) is 14.9 Å². The summed E-state index contributed by atoms with van der Waals surface area (Å²) in [4.78, 5) is 23.0. The minimum absolute atomic E-state index is 0.00201. The van der Waals surface area contributed by atoms with Crippen molar-refractivity contribution >= 4 is 33.4 Å². The Morgan fingerprint density at radius 1 is 1.00 bits per heavy atom. The van der Waals surface area contributed by atoms with E-state index in [4.69, 9.17) is 39.5 Å². The molecule has 1 saturated heterocycles. The maximum atomic E-state index is 13.2. The topological polar surface area (TPSA) is 150 Å². The predicted octanol–water partition coefficient (Wildman–Crippen LogP) is 4.24. The highest BCUT2D eigenvalue weighted by Gasteiger charge is 2.48. The zero-order valence-electron chi connectivity index (χ0n) is 21.6. The number of rotatable bonds is 7. The molecule has 14 heteroatoms. The zero-order chi connectivity index (χ0) is 29.1. The van der Waals surface area contributed by atoms with Crippen LogP contribution in [0.2, 0.25) is 5.02 Å². The van der Waals surface area contributed by atoms with Gasteiger partial charge in [-0.2, -0.15) is 8.42 Å². The minimum atomic E-state index is -4.60. The number of nitro benzene ring substituents is 1. The van der Waals surface area contributed by atoms with E-state index in [0.717, 1.165) is 29.3 Å². The average Bonchev–Trinajstić information content (AvgIpc) is 3.56. The van der Waals surface area contributed by atoms with Gasteiger partial charge >= 0.3 is 16.1 Å². The number of carbonyl (C=O) groups excluding carboxylic acids is 1. The SMILES string of the molecule is COc1cc([C@@H]2c3cc4c(cc3C[C@H]3COC(=O)[C@@H]32)OCO4)cc(OC)c1OS(=O)(=O)c1ccc(Cl)c([N+](=O)[O-])c1. The maximum Gasteiger partial charge on any atom is 0.339 e. The van der Waals surface area contributed by atoms with Crippen molar-refractivity contribution in [1.82, 2.24) is 0 Å². The van der Waals surface area contributed by atoms with Crippen molar-refractivity contribution in [2.24, 2.45) is 11.8 Å². The fourth-order valence-electron chi connectivity index (χ4n) is 5.61. The molecule has 2 aliphatic heterocycles. The van der Waals surface area contributed by atoms with Crippen molar-refractivity contribution < 1.29 is 46.0 Å². The number of cyclic esters (lactones) is 1. The van der Waals surface area contributed by atoms with E-state index in [0.29, 0.717) is 23.5 Å². The maximum absolute atomic E-state index is 13.2. The summed E-state index contributed by atoms with van der Waals surface area (Å²) in [6.07, 6.45) is 0.611. The van der Waals surface area contributed by atoms with Crippen molar-refractivity contribution in [1.29, 1.82) is 0 Å². The first kappa shape index (κ1) is 27.0. The van der Waals surface area contributed by atoms with Crippen LogP contribution in [0.4, 0.5) is 5.69 Å². The Labute approximate surface area is 238 Å². The molecule has 12 nitrogen and oxygen atoms in total. The molecule has 1 fully saturated rings. The largest absolute Gasteiger partial charge is 0.493 e. The molecule has 0 aromatic heterocycles. The number of nitro groups is 1. The summed E-state index contributed by atoms with van der Waals surface area (Å²) in [6, 6.07) is 9.90. The molecule has 6 rings (SSSR count). The van der Waals surface area contributed by atoms with Crippen molar-refractivity contribution in [3.63, 3.8) is 0 Å². The highest BCUT2D eigenvalue weighted by molar-refractivity contribution is 7.87. The average molecular weight is 604 g/mol. The third-order valence-electron chi connectivity index (χ3n) is 7.47. The van der Waals surface area contributed by atoms with Crippen molar-refractivity contribution in [2.45, 2.75) is 17.2 Å². The Balaban J connectivity index is 1.45. The lowest BCUT2D eigenvalue weighted by Crippen LogP contribution is -2.31. The van der Waals surface area contributed by atoms with Crippen LogP contribution in [0, 0.1) is 22.0 Å². The summed E-state index contributed by atoms with van der Waals surface area (Å²) in [5.41, 5.74) is 1.82. The van der Waals surface area contributed by atoms with Gasteiger partial charge < -0.3 is 27.9 Å². The van der Waals surface area contributed by atoms with E-state index in [-0.39, 0.29) is 47.6 Å². The second-order valence-electron chi connectivity index (χ2n) is 9.66. The molecule has 0 amide bonds. The summed E-state index contributed by atoms with van der Waals surface area (Å²) in [6.45, 7) is 0.367. The lowest BCUT2D eigenvalue weighted by molar-refractivity contribution is -0.384. The second-order valence-corrected chi connectivity index (χ2v) is 11.6. The summed E-state index contributed by atoms with van der Waals surface area (Å²) < 4.78 is 59.4. The predicted molar refractivity (Wildman–Crippen MR) is 142 cm³/mol. The third-order valence-corrected chi connectivity index (χ3v) is 9.01. The van der Waals surface area contributed by atoms with Gasteiger partial charge in [-0.15, -0.1) is 0 Å². The molecule has 41 heavy (non-hydrogen) atoms. The van der Waals surface area contributed by atoms with Crippen LogP contribution in [-0.2, 0) is 26.1 Å². The van der Waals surface area contributed by atoms with Gasteiger partial charge in [0.1, 0.15) is 9.92 Å². The molecule has 3 aliphatic rings. The van der Waals surface area contributed by atoms with Gasteiger partial charge in [-0.1, -0.05) is 11.6 Å². The van der Waals surface area contributed by atoms with E-state index in [1.165, 1.54) is 14.2 Å². The molecule has 1 aliphatic carbocycles. The summed E-state index contributed by atoms with van der Waals surface area (Å²) in [5, 5.41) is 11.1. The molecule has 0 N–H and O–H groups in total. The van der Waals surface area contributed by atoms with E-state index >= 15 is 0 Å². The molecule has 3 atom stereocenters. The fraction of sp³-hybridized carbons (Fsp3) is 0.296. The van der Waals surface area contributed by atoms with E-state index < -0.39 is 37.5 Å². The van der Waals surface area contributed by atoms with Crippen LogP contribution >= 0.6 is 11.6 Å². The first-order valence-corrected chi connectivity index (χ1v) is 14.1. The lowest BCUT2D eigenvalue weighted by Gasteiger charge is -2.34. The summed E-state index contributed by atoms with van der Waals surface area (Å²) in [7, 11) is -1.95. The van der Waals surface area contributed by atoms with Crippen LogP contribution in [-0.4, -0.2) is 46.9 Å². The van der Waals surface area contributed by atoms with Crippen LogP contribution in [0.15, 0.2) is 47.4 Å². The van der Waals surface area contributed by atoms with E-state index in [1.807, 2.05) is 12.1 Å². The molecule has 2 heterocycles. The first-order valence-electron chi connectivity index (χ1n) is 12.3. The van der Waals surface area contributed by atoms with Crippen molar-refractivity contribution in [2.75, 3.05) is 27.6 Å². The summed E-state index contributed by atoms with van der Waals surface area (Å²) in [5.74, 6) is -0.530. The van der Waals surface area contributed by atoms with Gasteiger partial charge in [0.05, 0.1) is 31.7 Å². The second kappa shape index (κ2) is 10.00. The quantitative estimate of drug-likeness (QED) is 0.165. The number of esters is 1. The van der Waals surface area contributed by atoms with Crippen LogP contribution in [0.25, 0.3) is 0 Å². The van der Waals surface area contributed by atoms with Gasteiger partial charge in [-0.05, 0) is 59.5 Å². The van der Waals surface area contributed by atoms with Crippen molar-refractivity contribution in [3.05, 3.63) is 74.3 Å². The first-order chi connectivity index (χ1) is 19.6. The molecular weight excluding hydrogens is 582 g/mol. The number of methoxy groups -OCH3 is 2. The van der Waals surface area contributed by atoms with Gasteiger partial charge in [0.25, 0.3) is 5.69 Å². The molecular formula is C27H22ClNO11S. The van der Waals surface area contributed by atoms with Crippen LogP contribution in [0.5, 0.6) is 28.7 Å². The zero-order valence-corrected chi connectivity index (χ0v) is 23.2. The molecule has 0 radical (unpaired) electrons. The Morgan fingerprint density at radius 3 is 2.34 bits per heavy atom. The van der Waals surface area contributed by atoms with Crippen LogP contribution in [0.3, 0.4) is 0 Å². The number of benzene rings is 3. The Bertz CT molecular complexity index is 1680. The number of carbonyl (C=O) groups is 1. The number of halogens is 1. The number of fused-ring (bicyclic) bond motifs is 3.